The third kappa shape index (κ3) is 2.60. The smallest absolute Gasteiger partial charge is 0.343 e. The van der Waals surface area contributed by atoms with E-state index in [2.05, 4.69) is 22.2 Å². The molecule has 0 fully saturated rings. The number of fused-ring (bicyclic) bond motifs is 1. The molecule has 2 N–H and O–H groups in total. The molecule has 2 aromatic heterocycles. The van der Waals surface area contributed by atoms with Gasteiger partial charge in [0.05, 0.1) is 5.69 Å². The van der Waals surface area contributed by atoms with E-state index < -0.39 is 0 Å². The molecule has 0 spiro atoms. The van der Waals surface area contributed by atoms with E-state index in [-0.39, 0.29) is 5.69 Å². The lowest BCUT2D eigenvalue weighted by Gasteiger charge is -2.06. The fourth-order valence-corrected chi connectivity index (χ4v) is 2.41. The second-order valence-electron chi connectivity index (χ2n) is 5.04. The van der Waals surface area contributed by atoms with Crippen LogP contribution in [0.5, 0.6) is 0 Å². The Bertz CT molecular complexity index is 814. The second kappa shape index (κ2) is 5.54. The van der Waals surface area contributed by atoms with Crippen molar-refractivity contribution >= 4 is 11.0 Å². The second-order valence-corrected chi connectivity index (χ2v) is 5.04. The molecule has 21 heavy (non-hydrogen) atoms. The van der Waals surface area contributed by atoms with Gasteiger partial charge in [-0.1, -0.05) is 19.1 Å². The van der Waals surface area contributed by atoms with Crippen molar-refractivity contribution in [2.75, 3.05) is 7.05 Å². The molecule has 0 bridgehead atoms. The molecule has 108 valence electrons. The van der Waals surface area contributed by atoms with Crippen LogP contribution in [0.2, 0.25) is 0 Å². The van der Waals surface area contributed by atoms with Crippen LogP contribution in [0.1, 0.15) is 18.2 Å². The summed E-state index contributed by atoms with van der Waals surface area (Å²) in [5.41, 5.74) is 3.47. The number of nitrogens with zero attached hydrogens (tertiary/aromatic N) is 2. The summed E-state index contributed by atoms with van der Waals surface area (Å²) in [6.07, 6.45) is 2.73. The Kier molecular flexibility index (Phi) is 3.58. The zero-order valence-electron chi connectivity index (χ0n) is 12.2. The molecule has 0 radical (unpaired) electrons. The molecule has 0 unspecified atom stereocenters. The van der Waals surface area contributed by atoms with E-state index in [0.29, 0.717) is 5.65 Å². The zero-order valence-corrected chi connectivity index (χ0v) is 12.2. The number of nitrogens with one attached hydrogen (secondary N) is 2. The van der Waals surface area contributed by atoms with Gasteiger partial charge in [-0.2, -0.15) is 4.98 Å². The molecule has 0 atom stereocenters. The molecule has 0 saturated heterocycles. The highest BCUT2D eigenvalue weighted by molar-refractivity contribution is 5.75. The van der Waals surface area contributed by atoms with Crippen molar-refractivity contribution in [1.29, 1.82) is 0 Å². The summed E-state index contributed by atoms with van der Waals surface area (Å²) >= 11 is 0. The number of H-pyrrole nitrogens is 1. The number of hydrogen-bond acceptors (Lipinski definition) is 3. The average molecular weight is 282 g/mol. The van der Waals surface area contributed by atoms with E-state index in [1.807, 2.05) is 43.6 Å². The standard InChI is InChI=1S/C16H18N4O/c1-3-13-8-12-10-20(16(21)19-15(12)18-13)14-6-4-11(5-7-14)9-17-2/h4-8,10,17H,3,9H2,1-2H3,(H,18,19,21). The maximum atomic E-state index is 12.2. The van der Waals surface area contributed by atoms with Gasteiger partial charge < -0.3 is 10.3 Å². The van der Waals surface area contributed by atoms with Crippen LogP contribution in [0, 0.1) is 0 Å². The summed E-state index contributed by atoms with van der Waals surface area (Å²) in [5.74, 6) is 0. The Morgan fingerprint density at radius 2 is 2.05 bits per heavy atom. The number of aromatic nitrogens is 3. The van der Waals surface area contributed by atoms with Gasteiger partial charge in [-0.3, -0.25) is 4.57 Å². The summed E-state index contributed by atoms with van der Waals surface area (Å²) in [5, 5.41) is 4.05. The number of aryl methyl sites for hydroxylation is 1. The van der Waals surface area contributed by atoms with E-state index in [1.165, 1.54) is 5.56 Å². The Labute approximate surface area is 122 Å². The van der Waals surface area contributed by atoms with Crippen molar-refractivity contribution in [3.63, 3.8) is 0 Å². The van der Waals surface area contributed by atoms with Crippen molar-refractivity contribution in [1.82, 2.24) is 19.9 Å². The summed E-state index contributed by atoms with van der Waals surface area (Å²) in [7, 11) is 1.91. The molecule has 0 aliphatic carbocycles. The minimum Gasteiger partial charge on any atom is -0.343 e. The largest absolute Gasteiger partial charge is 0.354 e. The van der Waals surface area contributed by atoms with E-state index in [4.69, 9.17) is 0 Å². The molecule has 3 aromatic rings. The van der Waals surface area contributed by atoms with Gasteiger partial charge in [-0.05, 0) is 37.2 Å². The van der Waals surface area contributed by atoms with Crippen molar-refractivity contribution < 1.29 is 0 Å². The third-order valence-electron chi connectivity index (χ3n) is 3.54. The molecule has 0 amide bonds. The Morgan fingerprint density at radius 1 is 1.29 bits per heavy atom. The highest BCUT2D eigenvalue weighted by Crippen LogP contribution is 2.14. The minimum atomic E-state index is -0.270. The number of hydrogen-bond donors (Lipinski definition) is 2. The van der Waals surface area contributed by atoms with Gasteiger partial charge >= 0.3 is 5.69 Å². The zero-order chi connectivity index (χ0) is 14.8. The highest BCUT2D eigenvalue weighted by Gasteiger charge is 2.06. The quantitative estimate of drug-likeness (QED) is 0.769. The molecule has 1 aromatic carbocycles. The summed E-state index contributed by atoms with van der Waals surface area (Å²) < 4.78 is 1.58. The van der Waals surface area contributed by atoms with E-state index in [1.54, 1.807) is 4.57 Å². The maximum Gasteiger partial charge on any atom is 0.354 e. The van der Waals surface area contributed by atoms with Crippen LogP contribution in [0.15, 0.2) is 41.3 Å². The molecule has 5 heteroatoms. The van der Waals surface area contributed by atoms with Crippen LogP contribution >= 0.6 is 0 Å². The number of aromatic amines is 1. The van der Waals surface area contributed by atoms with Crippen molar-refractivity contribution in [2.45, 2.75) is 19.9 Å². The Hall–Kier alpha value is -2.40. The predicted octanol–water partition coefficient (Wildman–Crippen LogP) is 2.00. The molecule has 3 rings (SSSR count). The topological polar surface area (TPSA) is 62.7 Å². The van der Waals surface area contributed by atoms with Gasteiger partial charge in [0.1, 0.15) is 5.65 Å². The first-order valence-electron chi connectivity index (χ1n) is 7.06. The van der Waals surface area contributed by atoms with Crippen LogP contribution in [0.3, 0.4) is 0 Å². The molecular formula is C16H18N4O. The van der Waals surface area contributed by atoms with Gasteiger partial charge in [-0.25, -0.2) is 4.79 Å². The number of benzene rings is 1. The number of rotatable bonds is 4. The van der Waals surface area contributed by atoms with E-state index in [9.17, 15) is 4.79 Å². The van der Waals surface area contributed by atoms with E-state index >= 15 is 0 Å². The summed E-state index contributed by atoms with van der Waals surface area (Å²) in [6, 6.07) is 9.94. The lowest BCUT2D eigenvalue weighted by molar-refractivity contribution is 0.816. The fraction of sp³-hybridized carbons (Fsp3) is 0.250. The van der Waals surface area contributed by atoms with E-state index in [0.717, 1.165) is 29.7 Å². The fourth-order valence-electron chi connectivity index (χ4n) is 2.41. The first kappa shape index (κ1) is 13.6. The minimum absolute atomic E-state index is 0.270. The van der Waals surface area contributed by atoms with Gasteiger partial charge in [0, 0.05) is 23.8 Å². The van der Waals surface area contributed by atoms with Crippen LogP contribution in [-0.2, 0) is 13.0 Å². The lowest BCUT2D eigenvalue weighted by Crippen LogP contribution is -2.20. The molecule has 2 heterocycles. The van der Waals surface area contributed by atoms with Gasteiger partial charge in [0.25, 0.3) is 0 Å². The van der Waals surface area contributed by atoms with Crippen LogP contribution in [0.4, 0.5) is 0 Å². The van der Waals surface area contributed by atoms with Crippen molar-refractivity contribution in [3.8, 4) is 5.69 Å². The summed E-state index contributed by atoms with van der Waals surface area (Å²) in [6.45, 7) is 2.88. The van der Waals surface area contributed by atoms with Crippen LogP contribution in [0.25, 0.3) is 16.7 Å². The molecule has 0 aliphatic rings. The summed E-state index contributed by atoms with van der Waals surface area (Å²) in [4.78, 5) is 19.4. The molecule has 5 nitrogen and oxygen atoms in total. The lowest BCUT2D eigenvalue weighted by atomic mass is 10.2. The Balaban J connectivity index is 2.06. The molecular weight excluding hydrogens is 264 g/mol. The third-order valence-corrected chi connectivity index (χ3v) is 3.54. The monoisotopic (exact) mass is 282 g/mol. The maximum absolute atomic E-state index is 12.2. The first-order chi connectivity index (χ1) is 10.2. The van der Waals surface area contributed by atoms with Gasteiger partial charge in [0.15, 0.2) is 0 Å². The van der Waals surface area contributed by atoms with Crippen LogP contribution in [-0.4, -0.2) is 21.6 Å². The predicted molar refractivity (Wildman–Crippen MR) is 83.8 cm³/mol. The molecule has 0 saturated carbocycles. The van der Waals surface area contributed by atoms with Crippen molar-refractivity contribution in [3.05, 3.63) is 58.3 Å². The highest BCUT2D eigenvalue weighted by atomic mass is 16.1. The SMILES string of the molecule is CCc1cc2cn(-c3ccc(CNC)cc3)c(=O)nc2[nH]1. The Morgan fingerprint density at radius 3 is 2.71 bits per heavy atom. The molecule has 0 aliphatic heterocycles. The normalized spacial score (nSPS) is 11.1. The van der Waals surface area contributed by atoms with Crippen molar-refractivity contribution in [2.24, 2.45) is 0 Å². The van der Waals surface area contributed by atoms with Crippen LogP contribution < -0.4 is 11.0 Å². The van der Waals surface area contributed by atoms with Gasteiger partial charge in [0.2, 0.25) is 0 Å². The first-order valence-corrected chi connectivity index (χ1v) is 7.06. The average Bonchev–Trinajstić information content (AvgIpc) is 2.89. The van der Waals surface area contributed by atoms with Gasteiger partial charge in [-0.15, -0.1) is 0 Å².